The predicted octanol–water partition coefficient (Wildman–Crippen LogP) is 3.69. The van der Waals surface area contributed by atoms with Gasteiger partial charge < -0.3 is 10.1 Å². The molecule has 1 rings (SSSR count). The predicted molar refractivity (Wildman–Crippen MR) is 77.8 cm³/mol. The minimum Gasteiger partial charge on any atom is -0.379 e. The van der Waals surface area contributed by atoms with Crippen LogP contribution in [0.3, 0.4) is 0 Å². The van der Waals surface area contributed by atoms with Crippen LogP contribution in [-0.2, 0) is 11.2 Å². The molecule has 2 nitrogen and oxygen atoms in total. The second kappa shape index (κ2) is 7.70. The molecule has 0 aliphatic carbocycles. The average Bonchev–Trinajstić information content (AvgIpc) is 2.34. The standard InChI is InChI=1S/C16H25F2NO/c1-5-6-19-15(11-16(2,3)20-4)9-12-7-13(17)10-14(18)8-12/h7-8,10,15,19H,5-6,9,11H2,1-4H3. The first-order chi connectivity index (χ1) is 9.36. The molecule has 4 heteroatoms. The van der Waals surface area contributed by atoms with Crippen LogP contribution in [0.1, 0.15) is 39.2 Å². The number of hydrogen-bond donors (Lipinski definition) is 1. The molecule has 1 aromatic rings. The lowest BCUT2D eigenvalue weighted by Gasteiger charge is -2.29. The zero-order valence-corrected chi connectivity index (χ0v) is 12.8. The quantitative estimate of drug-likeness (QED) is 0.786. The lowest BCUT2D eigenvalue weighted by atomic mass is 9.93. The molecular formula is C16H25F2NO. The summed E-state index contributed by atoms with van der Waals surface area (Å²) in [6.07, 6.45) is 2.38. The Hall–Kier alpha value is -1.00. The van der Waals surface area contributed by atoms with E-state index in [9.17, 15) is 8.78 Å². The fourth-order valence-corrected chi connectivity index (χ4v) is 2.26. The molecule has 0 fully saturated rings. The van der Waals surface area contributed by atoms with Crippen molar-refractivity contribution in [2.45, 2.75) is 51.7 Å². The lowest BCUT2D eigenvalue weighted by Crippen LogP contribution is -2.39. The highest BCUT2D eigenvalue weighted by atomic mass is 19.1. The van der Waals surface area contributed by atoms with Crippen molar-refractivity contribution in [1.29, 1.82) is 0 Å². The molecule has 0 radical (unpaired) electrons. The number of nitrogens with one attached hydrogen (secondary N) is 1. The number of methoxy groups -OCH3 is 1. The van der Waals surface area contributed by atoms with Gasteiger partial charge in [-0.3, -0.25) is 0 Å². The van der Waals surface area contributed by atoms with Gasteiger partial charge in [0.15, 0.2) is 0 Å². The van der Waals surface area contributed by atoms with Gasteiger partial charge in [0.2, 0.25) is 0 Å². The van der Waals surface area contributed by atoms with Gasteiger partial charge in [0.1, 0.15) is 11.6 Å². The van der Waals surface area contributed by atoms with Crippen LogP contribution in [0.25, 0.3) is 0 Å². The van der Waals surface area contributed by atoms with Crippen LogP contribution in [0.4, 0.5) is 8.78 Å². The van der Waals surface area contributed by atoms with E-state index in [1.54, 1.807) is 7.11 Å². The Morgan fingerprint density at radius 2 is 1.80 bits per heavy atom. The van der Waals surface area contributed by atoms with Crippen LogP contribution in [-0.4, -0.2) is 25.3 Å². The minimum atomic E-state index is -0.528. The Labute approximate surface area is 120 Å². The summed E-state index contributed by atoms with van der Waals surface area (Å²) < 4.78 is 31.9. The summed E-state index contributed by atoms with van der Waals surface area (Å²) >= 11 is 0. The summed E-state index contributed by atoms with van der Waals surface area (Å²) in [5.41, 5.74) is 0.403. The molecule has 20 heavy (non-hydrogen) atoms. The first-order valence-electron chi connectivity index (χ1n) is 7.10. The van der Waals surface area contributed by atoms with Crippen LogP contribution >= 0.6 is 0 Å². The van der Waals surface area contributed by atoms with Crippen molar-refractivity contribution in [3.63, 3.8) is 0 Å². The van der Waals surface area contributed by atoms with Crippen LogP contribution < -0.4 is 5.32 Å². The van der Waals surface area contributed by atoms with E-state index >= 15 is 0 Å². The summed E-state index contributed by atoms with van der Waals surface area (Å²) in [6.45, 7) is 7.00. The molecule has 0 bridgehead atoms. The molecular weight excluding hydrogens is 260 g/mol. The molecule has 1 unspecified atom stereocenters. The Kier molecular flexibility index (Phi) is 6.56. The Bertz CT molecular complexity index is 401. The fraction of sp³-hybridized carbons (Fsp3) is 0.625. The van der Waals surface area contributed by atoms with Gasteiger partial charge in [-0.1, -0.05) is 6.92 Å². The molecule has 1 atom stereocenters. The van der Waals surface area contributed by atoms with Gasteiger partial charge in [-0.05, 0) is 57.4 Å². The number of hydrogen-bond acceptors (Lipinski definition) is 2. The van der Waals surface area contributed by atoms with Gasteiger partial charge >= 0.3 is 0 Å². The molecule has 0 heterocycles. The van der Waals surface area contributed by atoms with Crippen molar-refractivity contribution in [2.75, 3.05) is 13.7 Å². The Morgan fingerprint density at radius 1 is 1.20 bits per heavy atom. The average molecular weight is 285 g/mol. The number of benzene rings is 1. The number of rotatable bonds is 8. The van der Waals surface area contributed by atoms with Gasteiger partial charge in [0.05, 0.1) is 5.60 Å². The summed E-state index contributed by atoms with van der Waals surface area (Å²) in [6, 6.07) is 3.82. The van der Waals surface area contributed by atoms with E-state index in [1.165, 1.54) is 12.1 Å². The van der Waals surface area contributed by atoms with Gasteiger partial charge in [-0.15, -0.1) is 0 Å². The van der Waals surface area contributed by atoms with E-state index in [4.69, 9.17) is 4.74 Å². The molecule has 0 saturated carbocycles. The van der Waals surface area contributed by atoms with E-state index in [0.717, 1.165) is 25.5 Å². The first kappa shape index (κ1) is 17.1. The molecule has 0 spiro atoms. The number of halogens is 2. The second-order valence-corrected chi connectivity index (χ2v) is 5.80. The SMILES string of the molecule is CCCNC(Cc1cc(F)cc(F)c1)CC(C)(C)OC. The summed E-state index contributed by atoms with van der Waals surface area (Å²) in [5, 5.41) is 3.42. The van der Waals surface area contributed by atoms with Crippen LogP contribution in [0.5, 0.6) is 0 Å². The molecule has 0 aliphatic rings. The normalized spacial score (nSPS) is 13.5. The third-order valence-electron chi connectivity index (χ3n) is 3.38. The van der Waals surface area contributed by atoms with Crippen molar-refractivity contribution < 1.29 is 13.5 Å². The molecule has 0 aliphatic heterocycles. The largest absolute Gasteiger partial charge is 0.379 e. The maximum absolute atomic E-state index is 13.2. The second-order valence-electron chi connectivity index (χ2n) is 5.80. The lowest BCUT2D eigenvalue weighted by molar-refractivity contribution is 0.00714. The zero-order chi connectivity index (χ0) is 15.2. The van der Waals surface area contributed by atoms with E-state index in [2.05, 4.69) is 12.2 Å². The third-order valence-corrected chi connectivity index (χ3v) is 3.38. The highest BCUT2D eigenvalue weighted by molar-refractivity contribution is 5.19. The smallest absolute Gasteiger partial charge is 0.126 e. The van der Waals surface area contributed by atoms with Gasteiger partial charge in [-0.2, -0.15) is 0 Å². The summed E-state index contributed by atoms with van der Waals surface area (Å²) in [7, 11) is 1.68. The summed E-state index contributed by atoms with van der Waals surface area (Å²) in [4.78, 5) is 0. The van der Waals surface area contributed by atoms with Crippen LogP contribution in [0.15, 0.2) is 18.2 Å². The minimum absolute atomic E-state index is 0.131. The van der Waals surface area contributed by atoms with Crippen LogP contribution in [0, 0.1) is 11.6 Å². The van der Waals surface area contributed by atoms with E-state index in [1.807, 2.05) is 13.8 Å². The molecule has 1 aromatic carbocycles. The molecule has 0 saturated heterocycles. The molecule has 114 valence electrons. The van der Waals surface area contributed by atoms with Crippen molar-refractivity contribution in [3.8, 4) is 0 Å². The van der Waals surface area contributed by atoms with Crippen LogP contribution in [0.2, 0.25) is 0 Å². The molecule has 1 N–H and O–H groups in total. The zero-order valence-electron chi connectivity index (χ0n) is 12.8. The van der Waals surface area contributed by atoms with Gasteiger partial charge in [0, 0.05) is 19.2 Å². The highest BCUT2D eigenvalue weighted by Crippen LogP contribution is 2.19. The van der Waals surface area contributed by atoms with Crippen molar-refractivity contribution in [3.05, 3.63) is 35.4 Å². The van der Waals surface area contributed by atoms with Gasteiger partial charge in [-0.25, -0.2) is 8.78 Å². The van der Waals surface area contributed by atoms with Gasteiger partial charge in [0.25, 0.3) is 0 Å². The van der Waals surface area contributed by atoms with E-state index < -0.39 is 11.6 Å². The van der Waals surface area contributed by atoms with Crippen molar-refractivity contribution >= 4 is 0 Å². The third kappa shape index (κ3) is 5.97. The molecule has 0 aromatic heterocycles. The fourth-order valence-electron chi connectivity index (χ4n) is 2.26. The highest BCUT2D eigenvalue weighted by Gasteiger charge is 2.23. The van der Waals surface area contributed by atoms with E-state index in [-0.39, 0.29) is 11.6 Å². The maximum atomic E-state index is 13.2. The first-order valence-corrected chi connectivity index (χ1v) is 7.10. The van der Waals surface area contributed by atoms with Crippen molar-refractivity contribution in [1.82, 2.24) is 5.32 Å². The monoisotopic (exact) mass is 285 g/mol. The maximum Gasteiger partial charge on any atom is 0.126 e. The number of ether oxygens (including phenoxy) is 1. The Morgan fingerprint density at radius 3 is 2.30 bits per heavy atom. The molecule has 0 amide bonds. The summed E-state index contributed by atoms with van der Waals surface area (Å²) in [5.74, 6) is -1.06. The topological polar surface area (TPSA) is 21.3 Å². The van der Waals surface area contributed by atoms with E-state index in [0.29, 0.717) is 12.0 Å². The van der Waals surface area contributed by atoms with Crippen molar-refractivity contribution in [2.24, 2.45) is 0 Å². The Balaban J connectivity index is 2.77.